The maximum Gasteiger partial charge on any atom is 0.339 e. The number of ether oxygens (including phenoxy) is 2. The summed E-state index contributed by atoms with van der Waals surface area (Å²) in [4.78, 5) is 15.5. The molecule has 0 unspecified atom stereocenters. The van der Waals surface area contributed by atoms with E-state index in [4.69, 9.17) is 15.2 Å². The molecule has 1 aliphatic rings. The van der Waals surface area contributed by atoms with Crippen LogP contribution < -0.4 is 10.5 Å². The van der Waals surface area contributed by atoms with Crippen LogP contribution in [0.3, 0.4) is 0 Å². The second-order valence-electron chi connectivity index (χ2n) is 5.78. The summed E-state index contributed by atoms with van der Waals surface area (Å²) in [6.45, 7) is 0.265. The molecule has 1 heterocycles. The van der Waals surface area contributed by atoms with Gasteiger partial charge in [0.2, 0.25) is 5.90 Å². The van der Waals surface area contributed by atoms with E-state index in [0.29, 0.717) is 28.9 Å². The van der Waals surface area contributed by atoms with Gasteiger partial charge in [-0.15, -0.1) is 0 Å². The van der Waals surface area contributed by atoms with Crippen LogP contribution in [0, 0.1) is 11.8 Å². The minimum atomic E-state index is -0.967. The quantitative estimate of drug-likeness (QED) is 0.494. The molecule has 27 heavy (non-hydrogen) atoms. The molecule has 7 heteroatoms. The van der Waals surface area contributed by atoms with Crippen LogP contribution in [0.1, 0.15) is 22.7 Å². The largest absolute Gasteiger partial charge is 0.495 e. The number of rotatable bonds is 4. The second kappa shape index (κ2) is 8.25. The molecule has 0 fully saturated rings. The fourth-order valence-electron chi connectivity index (χ4n) is 2.60. The lowest BCUT2D eigenvalue weighted by Crippen LogP contribution is -2.32. The number of urea groups is 1. The molecule has 138 valence electrons. The normalized spacial score (nSPS) is 15.2. The number of primary amides is 1. The molecule has 0 saturated heterocycles. The lowest BCUT2D eigenvalue weighted by molar-refractivity contribution is -0.0269. The van der Waals surface area contributed by atoms with Gasteiger partial charge >= 0.3 is 6.03 Å². The zero-order valence-electron chi connectivity index (χ0n) is 14.8. The third-order valence-electron chi connectivity index (χ3n) is 3.99. The Morgan fingerprint density at radius 2 is 2.15 bits per heavy atom. The number of hydrogen-bond acceptors (Lipinski definition) is 5. The number of methoxy groups -OCH3 is 1. The topological polar surface area (TPSA) is 97.4 Å². The maximum absolute atomic E-state index is 10.8. The Balaban J connectivity index is 1.83. The lowest BCUT2D eigenvalue weighted by atomic mass is 10.1. The van der Waals surface area contributed by atoms with E-state index >= 15 is 0 Å². The number of hydroxylamine groups is 2. The Hall–Kier alpha value is -3.50. The number of nitrogens with zero attached hydrogens (tertiary/aromatic N) is 2. The minimum Gasteiger partial charge on any atom is -0.495 e. The summed E-state index contributed by atoms with van der Waals surface area (Å²) in [5, 5.41) is 9.61. The van der Waals surface area contributed by atoms with Crippen molar-refractivity contribution in [3.8, 4) is 17.6 Å². The molecule has 3 rings (SSSR count). The molecule has 0 spiro atoms. The van der Waals surface area contributed by atoms with Gasteiger partial charge in [0.05, 0.1) is 12.7 Å². The van der Waals surface area contributed by atoms with Crippen LogP contribution in [0.15, 0.2) is 53.5 Å². The van der Waals surface area contributed by atoms with Crippen LogP contribution in [-0.2, 0) is 4.74 Å². The molecule has 2 aromatic carbocycles. The van der Waals surface area contributed by atoms with Gasteiger partial charge in [-0.2, -0.15) is 5.06 Å². The molecule has 0 aromatic heterocycles. The van der Waals surface area contributed by atoms with Crippen molar-refractivity contribution < 1.29 is 19.5 Å². The second-order valence-corrected chi connectivity index (χ2v) is 5.78. The SMILES string of the molecule is COc1ccc(C2=N[C@H](c3ccccc3)CO2)cc1C#CCN(O)C(N)=O. The van der Waals surface area contributed by atoms with Crippen molar-refractivity contribution in [1.29, 1.82) is 0 Å². The molecule has 2 aromatic rings. The molecule has 0 bridgehead atoms. The Labute approximate surface area is 157 Å². The first-order valence-corrected chi connectivity index (χ1v) is 8.27. The molecule has 2 amide bonds. The molecule has 0 radical (unpaired) electrons. The summed E-state index contributed by atoms with van der Waals surface area (Å²) in [7, 11) is 1.54. The highest BCUT2D eigenvalue weighted by molar-refractivity contribution is 5.95. The van der Waals surface area contributed by atoms with Crippen molar-refractivity contribution in [2.75, 3.05) is 20.3 Å². The van der Waals surface area contributed by atoms with E-state index in [9.17, 15) is 10.0 Å². The van der Waals surface area contributed by atoms with Crippen molar-refractivity contribution in [3.63, 3.8) is 0 Å². The smallest absolute Gasteiger partial charge is 0.339 e. The zero-order chi connectivity index (χ0) is 19.2. The summed E-state index contributed by atoms with van der Waals surface area (Å²) in [5.41, 5.74) is 7.40. The molecule has 1 atom stereocenters. The van der Waals surface area contributed by atoms with Crippen LogP contribution in [0.25, 0.3) is 0 Å². The highest BCUT2D eigenvalue weighted by atomic mass is 16.5. The molecule has 3 N–H and O–H groups in total. The molecule has 0 saturated carbocycles. The highest BCUT2D eigenvalue weighted by Gasteiger charge is 2.22. The van der Waals surface area contributed by atoms with E-state index in [2.05, 4.69) is 16.8 Å². The number of carbonyl (C=O) groups excluding carboxylic acids is 1. The van der Waals surface area contributed by atoms with E-state index in [1.54, 1.807) is 12.1 Å². The number of benzene rings is 2. The van der Waals surface area contributed by atoms with Gasteiger partial charge in [-0.05, 0) is 23.8 Å². The number of aliphatic imine (C=N–C) groups is 1. The summed E-state index contributed by atoms with van der Waals surface area (Å²) >= 11 is 0. The monoisotopic (exact) mass is 365 g/mol. The van der Waals surface area contributed by atoms with Crippen molar-refractivity contribution in [2.24, 2.45) is 10.7 Å². The van der Waals surface area contributed by atoms with Gasteiger partial charge in [0.25, 0.3) is 0 Å². The first-order chi connectivity index (χ1) is 13.1. The van der Waals surface area contributed by atoms with Gasteiger partial charge in [-0.25, -0.2) is 9.79 Å². The Bertz CT molecular complexity index is 916. The minimum absolute atomic E-state index is 0.0450. The van der Waals surface area contributed by atoms with Gasteiger partial charge in [0.1, 0.15) is 24.9 Å². The van der Waals surface area contributed by atoms with E-state index in [1.807, 2.05) is 36.4 Å². The average Bonchev–Trinajstić information content (AvgIpc) is 3.18. The van der Waals surface area contributed by atoms with Gasteiger partial charge in [0.15, 0.2) is 0 Å². The van der Waals surface area contributed by atoms with E-state index in [-0.39, 0.29) is 12.6 Å². The maximum atomic E-state index is 10.8. The Morgan fingerprint density at radius 1 is 1.37 bits per heavy atom. The third-order valence-corrected chi connectivity index (χ3v) is 3.99. The van der Waals surface area contributed by atoms with Crippen molar-refractivity contribution in [1.82, 2.24) is 5.06 Å². The van der Waals surface area contributed by atoms with Gasteiger partial charge < -0.3 is 15.2 Å². The predicted molar refractivity (Wildman–Crippen MR) is 99.6 cm³/mol. The summed E-state index contributed by atoms with van der Waals surface area (Å²) < 4.78 is 11.1. The zero-order valence-corrected chi connectivity index (χ0v) is 14.8. The van der Waals surface area contributed by atoms with Crippen LogP contribution in [0.2, 0.25) is 0 Å². The van der Waals surface area contributed by atoms with E-state index in [0.717, 1.165) is 11.1 Å². The molecular formula is C20H19N3O4. The van der Waals surface area contributed by atoms with E-state index in [1.165, 1.54) is 7.11 Å². The number of hydrogen-bond donors (Lipinski definition) is 2. The molecule has 7 nitrogen and oxygen atoms in total. The first-order valence-electron chi connectivity index (χ1n) is 8.27. The fourth-order valence-corrected chi connectivity index (χ4v) is 2.60. The average molecular weight is 365 g/mol. The van der Waals surface area contributed by atoms with Crippen molar-refractivity contribution >= 4 is 11.9 Å². The fraction of sp³-hybridized carbons (Fsp3) is 0.200. The Morgan fingerprint density at radius 3 is 2.85 bits per heavy atom. The van der Waals surface area contributed by atoms with Crippen LogP contribution in [0.5, 0.6) is 5.75 Å². The molecule has 0 aliphatic carbocycles. The van der Waals surface area contributed by atoms with E-state index < -0.39 is 6.03 Å². The van der Waals surface area contributed by atoms with Crippen molar-refractivity contribution in [3.05, 3.63) is 65.2 Å². The van der Waals surface area contributed by atoms with Crippen LogP contribution in [-0.4, -0.2) is 42.5 Å². The highest BCUT2D eigenvalue weighted by Crippen LogP contribution is 2.27. The molecular weight excluding hydrogens is 346 g/mol. The van der Waals surface area contributed by atoms with Crippen molar-refractivity contribution in [2.45, 2.75) is 6.04 Å². The summed E-state index contributed by atoms with van der Waals surface area (Å²) in [6.07, 6.45) is 0. The van der Waals surface area contributed by atoms with Crippen LogP contribution >= 0.6 is 0 Å². The number of amides is 2. The predicted octanol–water partition coefficient (Wildman–Crippen LogP) is 2.33. The number of carbonyl (C=O) groups is 1. The summed E-state index contributed by atoms with van der Waals surface area (Å²) in [5.74, 6) is 6.64. The molecule has 1 aliphatic heterocycles. The number of nitrogens with two attached hydrogens (primary N) is 1. The Kier molecular flexibility index (Phi) is 5.59. The van der Waals surface area contributed by atoms with Crippen LogP contribution in [0.4, 0.5) is 4.79 Å². The van der Waals surface area contributed by atoms with Gasteiger partial charge in [0, 0.05) is 5.56 Å². The third kappa shape index (κ3) is 4.37. The van der Waals surface area contributed by atoms with Gasteiger partial charge in [-0.1, -0.05) is 42.2 Å². The standard InChI is InChI=1S/C20H19N3O4/c1-26-18-10-9-16(12-15(18)8-5-11-23(25)20(21)24)19-22-17(13-27-19)14-6-3-2-4-7-14/h2-4,6-7,9-10,12,17,25H,11,13H2,1H3,(H2,21,24)/t17-/m0/s1. The summed E-state index contributed by atoms with van der Waals surface area (Å²) in [6, 6.07) is 14.3. The lowest BCUT2D eigenvalue weighted by Gasteiger charge is -2.08. The van der Waals surface area contributed by atoms with Gasteiger partial charge in [-0.3, -0.25) is 5.21 Å². The first kappa shape index (κ1) is 18.3.